The van der Waals surface area contributed by atoms with E-state index in [2.05, 4.69) is 420 Å². The second-order valence-electron chi connectivity index (χ2n) is 35.0. The maximum atomic E-state index is 11.8. The Hall–Kier alpha value is -14.3. The second kappa shape index (κ2) is 31.9. The highest BCUT2D eigenvalue weighted by molar-refractivity contribution is 9.10. The fourth-order valence-electron chi connectivity index (χ4n) is 21.9. The van der Waals surface area contributed by atoms with Crippen molar-refractivity contribution < 1.29 is 19.2 Å². The molecule has 0 radical (unpaired) electrons. The van der Waals surface area contributed by atoms with Crippen molar-refractivity contribution in [1.82, 2.24) is 0 Å². The Bertz CT molecular complexity index is 7280. The van der Waals surface area contributed by atoms with Crippen LogP contribution >= 0.6 is 23.9 Å². The highest BCUT2D eigenvalue weighted by Gasteiger charge is 2.57. The molecule has 0 saturated carbocycles. The zero-order chi connectivity index (χ0) is 87.5. The monoisotopic (exact) mass is 1750 g/mol. The Morgan fingerprint density at radius 3 is 0.915 bits per heavy atom. The zero-order valence-corrected chi connectivity index (χ0v) is 73.9. The Morgan fingerprint density at radius 1 is 0.264 bits per heavy atom. The summed E-state index contributed by atoms with van der Waals surface area (Å²) in [7, 11) is -0.832. The molecule has 11 heteroatoms. The number of hydrogen-bond acceptors (Lipinski definition) is 6. The largest absolute Gasteiger partial charge is 0.494 e. The molecule has 0 atom stereocenters. The summed E-state index contributed by atoms with van der Waals surface area (Å²) in [4.78, 5) is 21.3. The summed E-state index contributed by atoms with van der Waals surface area (Å²) in [5.74, 6) is 0. The van der Waals surface area contributed by atoms with Gasteiger partial charge in [0.2, 0.25) is 0 Å². The lowest BCUT2D eigenvalue weighted by atomic mass is 9.68. The molecular formula is C118H85BBrN2O6P. The molecule has 129 heavy (non-hydrogen) atoms. The Morgan fingerprint density at radius 2 is 0.550 bits per heavy atom. The van der Waals surface area contributed by atoms with E-state index in [-0.39, 0.29) is 45.4 Å². The van der Waals surface area contributed by atoms with Gasteiger partial charge in [-0.3, -0.25) is 20.2 Å². The van der Waals surface area contributed by atoms with Crippen LogP contribution in [0.25, 0.3) is 89.0 Å². The van der Waals surface area contributed by atoms with E-state index in [1.54, 1.807) is 30.3 Å². The molecule has 1 heterocycles. The van der Waals surface area contributed by atoms with Crippen molar-refractivity contribution in [1.29, 1.82) is 0 Å². The van der Waals surface area contributed by atoms with Crippen molar-refractivity contribution in [3.05, 3.63) is 533 Å². The number of nitro benzene ring substituents is 2. The average Bonchev–Trinajstić information content (AvgIpc) is 1.52. The van der Waals surface area contributed by atoms with Crippen LogP contribution in [0.1, 0.15) is 106 Å². The predicted octanol–water partition coefficient (Wildman–Crippen LogP) is 27.3. The third-order valence-electron chi connectivity index (χ3n) is 28.0. The average molecular weight is 1750 g/mol. The fraction of sp³-hybridized carbons (Fsp3) is 0.0847. The van der Waals surface area contributed by atoms with E-state index in [4.69, 9.17) is 9.31 Å². The minimum absolute atomic E-state index is 0.0995. The number of halogens is 1. The van der Waals surface area contributed by atoms with E-state index >= 15 is 0 Å². The van der Waals surface area contributed by atoms with E-state index in [9.17, 15) is 20.2 Å². The number of rotatable bonds is 7. The molecule has 18 aromatic carbocycles. The molecule has 8 aliphatic rings. The number of hydrogen-bond donors (Lipinski definition) is 0. The normalized spacial score (nSPS) is 14.8. The molecule has 7 aliphatic carbocycles. The summed E-state index contributed by atoms with van der Waals surface area (Å²) in [6.07, 6.45) is 1.03. The summed E-state index contributed by atoms with van der Waals surface area (Å²) in [5, 5.41) is 26.2. The lowest BCUT2D eigenvalue weighted by Crippen LogP contribution is -2.41. The van der Waals surface area contributed by atoms with Crippen molar-refractivity contribution in [3.8, 4) is 89.0 Å². The third kappa shape index (κ3) is 12.7. The SMILES string of the molecule is CC1(C)OB(c2ccc3c(c2)C2(c4ccccc4-c4ccccc42)c2ccccc2-3)OC1(C)C.O=[N+]([O-])c1ccccc1-c1ccc2c(c1)C1(c3ccccc3-c3ccccc31)c1ccccc1-2.O=[N+]([O-])c1ccccc1Br.c1ccc(P(c2ccccc2)c2ccccc2)cc1.c1ccc2c(c1)Cc1cc3c(cc1-2)C1(c2ccccc2-c2ccccc21)c1ccccc1-3. The number of fused-ring (bicyclic) bond motifs is 33. The molecule has 1 aliphatic heterocycles. The molecule has 18 aromatic rings. The summed E-state index contributed by atoms with van der Waals surface area (Å²) < 4.78 is 13.4. The van der Waals surface area contributed by atoms with E-state index in [1.165, 1.54) is 178 Å². The van der Waals surface area contributed by atoms with Gasteiger partial charge in [-0.2, -0.15) is 0 Å². The topological polar surface area (TPSA) is 105 Å². The van der Waals surface area contributed by atoms with Gasteiger partial charge in [0.1, 0.15) is 0 Å². The van der Waals surface area contributed by atoms with E-state index in [1.807, 2.05) is 18.2 Å². The minimum atomic E-state index is -0.446. The first-order valence-electron chi connectivity index (χ1n) is 44.0. The summed E-state index contributed by atoms with van der Waals surface area (Å²) in [6, 6.07) is 153. The first-order chi connectivity index (χ1) is 63.1. The second-order valence-corrected chi connectivity index (χ2v) is 38.1. The van der Waals surface area contributed by atoms with Crippen molar-refractivity contribution in [3.63, 3.8) is 0 Å². The maximum absolute atomic E-state index is 11.8. The molecule has 26 rings (SSSR count). The summed E-state index contributed by atoms with van der Waals surface area (Å²) >= 11 is 3.06. The summed E-state index contributed by atoms with van der Waals surface area (Å²) in [5.41, 5.74) is 38.5. The van der Waals surface area contributed by atoms with Gasteiger partial charge in [-0.25, -0.2) is 0 Å². The third-order valence-corrected chi connectivity index (χ3v) is 31.1. The molecule has 1 saturated heterocycles. The Labute approximate surface area is 761 Å². The van der Waals surface area contributed by atoms with Crippen molar-refractivity contribution >= 4 is 63.7 Å². The van der Waals surface area contributed by atoms with Crippen molar-refractivity contribution in [2.24, 2.45) is 0 Å². The van der Waals surface area contributed by atoms with Crippen LogP contribution in [-0.2, 0) is 32.0 Å². The number of para-hydroxylation sites is 2. The molecule has 0 amide bonds. The van der Waals surface area contributed by atoms with Gasteiger partial charge in [-0.1, -0.05) is 388 Å². The van der Waals surface area contributed by atoms with Crippen molar-refractivity contribution in [2.45, 2.75) is 61.6 Å². The molecule has 8 nitrogen and oxygen atoms in total. The molecule has 0 aromatic heterocycles. The first-order valence-corrected chi connectivity index (χ1v) is 46.1. The number of benzene rings is 18. The van der Waals surface area contributed by atoms with Crippen LogP contribution in [0.15, 0.2) is 435 Å². The smallest absolute Gasteiger partial charge is 0.399 e. The maximum Gasteiger partial charge on any atom is 0.494 e. The number of nitro groups is 2. The standard InChI is InChI=1S/C32H20.C31H27BO2.C31H19NO2.C18H15P.C6H4BrNO2/c1-2-10-22-20(9-1)17-21-18-27-25-13-5-8-16-30(25)32(31(27)19-26(21)22)28-14-6-3-11-23(28)24-12-4-7-15-29(24)32;1-29(2)30(3,4)34-32(33-29)20-17-18-24-23-13-7-10-16-27(23)31(28(24)19-20)25-14-8-5-11-21(25)22-12-6-9-15-26(22)31;33-32(34)30-16-8-4-9-21(30)20-17-18-25-24-12-3-7-15-28(24)31(29(25)19-20)26-13-5-1-10-22(26)23-11-2-6-14-27(23)31;1-4-10-16(11-5-1)19(17-12-6-2-7-13-17)18-14-8-3-9-15-18;7-5-3-1-2-4-6(5)8(9)10/h1-16,18-19H,17H2;5-19H,1-4H3;1-19H;1-15H;1-4H. The molecule has 0 unspecified atom stereocenters. The molecular weight excluding hydrogens is 1660 g/mol. The summed E-state index contributed by atoms with van der Waals surface area (Å²) in [6.45, 7) is 8.45. The van der Waals surface area contributed by atoms with Gasteiger partial charge < -0.3 is 9.31 Å². The van der Waals surface area contributed by atoms with Crippen LogP contribution in [-0.4, -0.2) is 28.2 Å². The van der Waals surface area contributed by atoms with Gasteiger partial charge in [-0.05, 0) is 271 Å². The minimum Gasteiger partial charge on any atom is -0.399 e. The van der Waals surface area contributed by atoms with Crippen LogP contribution in [0, 0.1) is 20.2 Å². The lowest BCUT2D eigenvalue weighted by molar-refractivity contribution is -0.385. The van der Waals surface area contributed by atoms with Gasteiger partial charge in [0, 0.05) is 12.1 Å². The Kier molecular flexibility index (Phi) is 19.9. The molecule has 618 valence electrons. The van der Waals surface area contributed by atoms with E-state index < -0.39 is 18.3 Å². The molecule has 0 bridgehead atoms. The highest BCUT2D eigenvalue weighted by Crippen LogP contribution is 2.67. The van der Waals surface area contributed by atoms with Crippen LogP contribution in [0.2, 0.25) is 0 Å². The molecule has 0 N–H and O–H groups in total. The predicted molar refractivity (Wildman–Crippen MR) is 530 cm³/mol. The van der Waals surface area contributed by atoms with Crippen LogP contribution in [0.3, 0.4) is 0 Å². The van der Waals surface area contributed by atoms with Gasteiger partial charge in [0.15, 0.2) is 0 Å². The Balaban J connectivity index is 0.0000000991. The van der Waals surface area contributed by atoms with Crippen LogP contribution in [0.5, 0.6) is 0 Å². The van der Waals surface area contributed by atoms with Gasteiger partial charge in [0.05, 0.1) is 47.3 Å². The first kappa shape index (κ1) is 80.5. The van der Waals surface area contributed by atoms with Gasteiger partial charge >= 0.3 is 7.12 Å². The zero-order valence-electron chi connectivity index (χ0n) is 71.4. The van der Waals surface area contributed by atoms with Crippen molar-refractivity contribution in [2.75, 3.05) is 0 Å². The highest BCUT2D eigenvalue weighted by atomic mass is 79.9. The molecule has 3 spiro atoms. The van der Waals surface area contributed by atoms with E-state index in [0.29, 0.717) is 10.0 Å². The van der Waals surface area contributed by atoms with E-state index in [0.717, 1.165) is 17.4 Å². The quantitative estimate of drug-likeness (QED) is 0.0681. The molecule has 1 fully saturated rings. The van der Waals surface area contributed by atoms with Gasteiger partial charge in [0.25, 0.3) is 11.4 Å². The van der Waals surface area contributed by atoms with Crippen LogP contribution in [0.4, 0.5) is 11.4 Å². The fourth-order valence-corrected chi connectivity index (χ4v) is 24.6. The van der Waals surface area contributed by atoms with Gasteiger partial charge in [-0.15, -0.1) is 0 Å². The number of nitrogens with zero attached hydrogens (tertiary/aromatic N) is 2. The lowest BCUT2D eigenvalue weighted by Gasteiger charge is -2.32. The van der Waals surface area contributed by atoms with Crippen LogP contribution < -0.4 is 21.4 Å².